The van der Waals surface area contributed by atoms with Crippen molar-refractivity contribution >= 4 is 21.8 Å². The zero-order valence-electron chi connectivity index (χ0n) is 16.2. The summed E-state index contributed by atoms with van der Waals surface area (Å²) >= 11 is 0. The van der Waals surface area contributed by atoms with Crippen LogP contribution in [-0.4, -0.2) is 82.1 Å². The van der Waals surface area contributed by atoms with Gasteiger partial charge >= 0.3 is 6.09 Å². The lowest BCUT2D eigenvalue weighted by Gasteiger charge is -2.33. The second-order valence-electron chi connectivity index (χ2n) is 7.57. The summed E-state index contributed by atoms with van der Waals surface area (Å²) in [6.07, 6.45) is 0.945. The van der Waals surface area contributed by atoms with Crippen LogP contribution in [0.25, 0.3) is 11.1 Å². The van der Waals surface area contributed by atoms with E-state index in [1.807, 2.05) is 0 Å². The molecule has 0 unspecified atom stereocenters. The van der Waals surface area contributed by atoms with E-state index in [2.05, 4.69) is 10.1 Å². The molecule has 4 rings (SSSR count). The molecule has 0 aromatic carbocycles. The van der Waals surface area contributed by atoms with Crippen molar-refractivity contribution < 1.29 is 32.2 Å². The number of carboxylic acid groups (broad SMARTS) is 1. The van der Waals surface area contributed by atoms with Crippen LogP contribution in [0.1, 0.15) is 22.8 Å². The number of sulfone groups is 1. The fraction of sp³-hybridized carbons (Fsp3) is 0.444. The molecular weight excluding hydrogens is 433 g/mol. The number of carbonyl (C=O) groups is 2. The number of ether oxygens (including phenoxy) is 1. The van der Waals surface area contributed by atoms with Gasteiger partial charge in [0.2, 0.25) is 5.88 Å². The first-order valence-electron chi connectivity index (χ1n) is 9.46. The molecule has 2 atom stereocenters. The fourth-order valence-electron chi connectivity index (χ4n) is 3.59. The van der Waals surface area contributed by atoms with Crippen molar-refractivity contribution in [1.82, 2.24) is 19.7 Å². The molecule has 0 radical (unpaired) electrons. The Kier molecular flexibility index (Phi) is 5.29. The van der Waals surface area contributed by atoms with Gasteiger partial charge in [-0.25, -0.2) is 22.6 Å². The number of rotatable bonds is 5. The maximum atomic E-state index is 14.4. The largest absolute Gasteiger partial charge is 0.471 e. The number of piperidine rings is 1. The number of aromatic nitrogens is 3. The van der Waals surface area contributed by atoms with Crippen LogP contribution in [0.5, 0.6) is 5.88 Å². The van der Waals surface area contributed by atoms with Crippen LogP contribution in [0.4, 0.5) is 9.18 Å². The van der Waals surface area contributed by atoms with Crippen molar-refractivity contribution in [3.8, 4) is 17.0 Å². The lowest BCUT2D eigenvalue weighted by molar-refractivity contribution is 0.0222. The van der Waals surface area contributed by atoms with E-state index in [1.54, 1.807) is 10.9 Å². The Morgan fingerprint density at radius 3 is 2.61 bits per heavy atom. The Hall–Kier alpha value is -3.22. The van der Waals surface area contributed by atoms with Crippen LogP contribution in [-0.2, 0) is 9.84 Å². The average molecular weight is 453 g/mol. The first-order valence-corrected chi connectivity index (χ1v) is 11.3. The standard InChI is InChI=1S/C18H20FN5O6S/c19-14-7-23(18(26)27)2-1-15(14)30-17-13(16(20)25)3-10(4-21-17)11-5-22-24(6-11)12-8-31(28,29)9-12/h3-6,12,14-15H,1-2,7-9H2,(H2,20,25)(H,26,27)/t14-,15+/m0/s1. The topological polar surface area (TPSA) is 158 Å². The number of halogens is 1. The molecule has 0 spiro atoms. The minimum Gasteiger partial charge on any atom is -0.471 e. The molecule has 4 heterocycles. The summed E-state index contributed by atoms with van der Waals surface area (Å²) in [7, 11) is -3.00. The molecule has 2 amide bonds. The highest BCUT2D eigenvalue weighted by Gasteiger charge is 2.36. The zero-order valence-corrected chi connectivity index (χ0v) is 17.0. The van der Waals surface area contributed by atoms with Gasteiger partial charge in [-0.1, -0.05) is 0 Å². The summed E-state index contributed by atoms with van der Waals surface area (Å²) < 4.78 is 44.2. The minimum absolute atomic E-state index is 0.0246. The molecule has 166 valence electrons. The summed E-state index contributed by atoms with van der Waals surface area (Å²) in [6, 6.07) is 1.21. The van der Waals surface area contributed by atoms with E-state index in [0.717, 1.165) is 4.90 Å². The number of primary amides is 1. The van der Waals surface area contributed by atoms with Gasteiger partial charge in [0.05, 0.1) is 30.3 Å². The van der Waals surface area contributed by atoms with Gasteiger partial charge in [0.25, 0.3) is 5.91 Å². The molecule has 11 nitrogen and oxygen atoms in total. The Morgan fingerprint density at radius 1 is 1.26 bits per heavy atom. The number of carbonyl (C=O) groups excluding carboxylic acids is 1. The molecule has 2 aromatic heterocycles. The van der Waals surface area contributed by atoms with Crippen molar-refractivity contribution in [3.05, 3.63) is 30.2 Å². The molecule has 0 saturated carbocycles. The van der Waals surface area contributed by atoms with Gasteiger partial charge in [-0.3, -0.25) is 9.48 Å². The second-order valence-corrected chi connectivity index (χ2v) is 9.72. The van der Waals surface area contributed by atoms with Crippen LogP contribution in [0.3, 0.4) is 0 Å². The van der Waals surface area contributed by atoms with Crippen LogP contribution >= 0.6 is 0 Å². The SMILES string of the molecule is NC(=O)c1cc(-c2cnn(C3CS(=O)(=O)C3)c2)cnc1O[C@@H]1CCN(C(=O)O)C[C@@H]1F. The number of nitrogens with two attached hydrogens (primary N) is 1. The summed E-state index contributed by atoms with van der Waals surface area (Å²) in [6.45, 7) is -0.236. The van der Waals surface area contributed by atoms with Gasteiger partial charge in [-0.2, -0.15) is 5.10 Å². The molecule has 2 saturated heterocycles. The number of hydrogen-bond acceptors (Lipinski definition) is 7. The predicted octanol–water partition coefficient (Wildman–Crippen LogP) is 0.483. The van der Waals surface area contributed by atoms with Crippen molar-refractivity contribution in [1.29, 1.82) is 0 Å². The third-order valence-electron chi connectivity index (χ3n) is 5.33. The van der Waals surface area contributed by atoms with E-state index in [0.29, 0.717) is 11.1 Å². The Balaban J connectivity index is 1.52. The minimum atomic E-state index is -3.00. The molecule has 0 aliphatic carbocycles. The summed E-state index contributed by atoms with van der Waals surface area (Å²) in [5.41, 5.74) is 6.51. The van der Waals surface area contributed by atoms with Gasteiger partial charge in [-0.15, -0.1) is 0 Å². The van der Waals surface area contributed by atoms with Crippen molar-refractivity contribution in [3.63, 3.8) is 0 Å². The normalized spacial score (nSPS) is 23.2. The van der Waals surface area contributed by atoms with Crippen LogP contribution in [0, 0.1) is 0 Å². The molecule has 13 heteroatoms. The molecule has 2 aliphatic rings. The molecular formula is C18H20FN5O6S. The highest BCUT2D eigenvalue weighted by Crippen LogP contribution is 2.29. The van der Waals surface area contributed by atoms with Crippen molar-refractivity contribution in [2.45, 2.75) is 24.7 Å². The van der Waals surface area contributed by atoms with Crippen LogP contribution in [0.15, 0.2) is 24.7 Å². The Labute approximate surface area is 176 Å². The van der Waals surface area contributed by atoms with Gasteiger partial charge < -0.3 is 20.5 Å². The fourth-order valence-corrected chi connectivity index (χ4v) is 4.97. The molecule has 0 bridgehead atoms. The smallest absolute Gasteiger partial charge is 0.407 e. The zero-order chi connectivity index (χ0) is 22.3. The molecule has 31 heavy (non-hydrogen) atoms. The third kappa shape index (κ3) is 4.31. The number of pyridine rings is 1. The lowest BCUT2D eigenvalue weighted by atomic mass is 10.1. The highest BCUT2D eigenvalue weighted by atomic mass is 32.2. The van der Waals surface area contributed by atoms with Crippen molar-refractivity contribution in [2.75, 3.05) is 24.6 Å². The average Bonchev–Trinajstić information content (AvgIpc) is 3.17. The van der Waals surface area contributed by atoms with Gasteiger partial charge in [0.1, 0.15) is 11.7 Å². The van der Waals surface area contributed by atoms with Gasteiger partial charge in [-0.05, 0) is 6.07 Å². The summed E-state index contributed by atoms with van der Waals surface area (Å²) in [5, 5.41) is 13.2. The summed E-state index contributed by atoms with van der Waals surface area (Å²) in [5.74, 6) is -0.904. The Morgan fingerprint density at radius 2 is 2.00 bits per heavy atom. The second kappa shape index (κ2) is 7.80. The quantitative estimate of drug-likeness (QED) is 0.662. The van der Waals surface area contributed by atoms with E-state index in [-0.39, 0.29) is 48.5 Å². The first-order chi connectivity index (χ1) is 14.6. The number of alkyl halides is 1. The van der Waals surface area contributed by atoms with Crippen molar-refractivity contribution in [2.24, 2.45) is 5.73 Å². The maximum absolute atomic E-state index is 14.4. The van der Waals surface area contributed by atoms with E-state index < -0.39 is 34.1 Å². The van der Waals surface area contributed by atoms with E-state index >= 15 is 0 Å². The number of likely N-dealkylation sites (tertiary alicyclic amines) is 1. The van der Waals surface area contributed by atoms with Crippen LogP contribution < -0.4 is 10.5 Å². The van der Waals surface area contributed by atoms with E-state index in [9.17, 15) is 22.4 Å². The number of amides is 2. The van der Waals surface area contributed by atoms with E-state index in [4.69, 9.17) is 15.6 Å². The van der Waals surface area contributed by atoms with Crippen LogP contribution in [0.2, 0.25) is 0 Å². The molecule has 2 aliphatic heterocycles. The summed E-state index contributed by atoms with van der Waals surface area (Å²) in [4.78, 5) is 28.0. The first kappa shape index (κ1) is 21.0. The molecule has 2 fully saturated rings. The molecule has 2 aromatic rings. The number of hydrogen-bond donors (Lipinski definition) is 2. The predicted molar refractivity (Wildman–Crippen MR) is 105 cm³/mol. The molecule has 3 N–H and O–H groups in total. The van der Waals surface area contributed by atoms with Gasteiger partial charge in [0, 0.05) is 36.5 Å². The third-order valence-corrected chi connectivity index (χ3v) is 7.12. The highest BCUT2D eigenvalue weighted by molar-refractivity contribution is 7.92. The van der Waals surface area contributed by atoms with Gasteiger partial charge in [0.15, 0.2) is 16.0 Å². The maximum Gasteiger partial charge on any atom is 0.407 e. The monoisotopic (exact) mass is 453 g/mol. The van der Waals surface area contributed by atoms with E-state index in [1.165, 1.54) is 18.5 Å². The number of nitrogens with zero attached hydrogens (tertiary/aromatic N) is 4. The lowest BCUT2D eigenvalue weighted by Crippen LogP contribution is -2.49. The Bertz CT molecular complexity index is 1120.